The second-order valence-corrected chi connectivity index (χ2v) is 5.57. The first-order valence-electron chi connectivity index (χ1n) is 7.03. The van der Waals surface area contributed by atoms with Gasteiger partial charge in [-0.05, 0) is 30.4 Å². The second-order valence-electron chi connectivity index (χ2n) is 5.57. The highest BCUT2D eigenvalue weighted by atomic mass is 16.2. The molecule has 0 radical (unpaired) electrons. The van der Waals surface area contributed by atoms with Crippen molar-refractivity contribution in [2.45, 2.75) is 51.6 Å². The first kappa shape index (κ1) is 11.7. The zero-order valence-electron chi connectivity index (χ0n) is 10.8. The van der Waals surface area contributed by atoms with Crippen molar-refractivity contribution in [3.8, 4) is 0 Å². The van der Waals surface area contributed by atoms with Gasteiger partial charge >= 0.3 is 0 Å². The third kappa shape index (κ3) is 2.40. The molecule has 3 rings (SSSR count). The molecule has 2 heterocycles. The summed E-state index contributed by atoms with van der Waals surface area (Å²) in [5.74, 6) is 0.947. The minimum atomic E-state index is 0.319. The van der Waals surface area contributed by atoms with Gasteiger partial charge in [-0.3, -0.25) is 9.78 Å². The Balaban J connectivity index is 1.58. The fraction of sp³-hybridized carbons (Fsp3) is 0.600. The van der Waals surface area contributed by atoms with Crippen LogP contribution in [0.5, 0.6) is 0 Å². The third-order valence-electron chi connectivity index (χ3n) is 4.23. The molecule has 18 heavy (non-hydrogen) atoms. The highest BCUT2D eigenvalue weighted by molar-refractivity contribution is 5.77. The summed E-state index contributed by atoms with van der Waals surface area (Å²) < 4.78 is 0. The fourth-order valence-corrected chi connectivity index (χ4v) is 3.14. The second kappa shape index (κ2) is 5.09. The molecule has 1 saturated carbocycles. The Labute approximate surface area is 108 Å². The highest BCUT2D eigenvalue weighted by Gasteiger charge is 2.26. The van der Waals surface area contributed by atoms with Crippen LogP contribution in [0.4, 0.5) is 0 Å². The quantitative estimate of drug-likeness (QED) is 0.801. The van der Waals surface area contributed by atoms with Gasteiger partial charge in [0.15, 0.2) is 0 Å². The lowest BCUT2D eigenvalue weighted by Gasteiger charge is -2.23. The lowest BCUT2D eigenvalue weighted by molar-refractivity contribution is -0.133. The molecule has 1 aliphatic carbocycles. The van der Waals surface area contributed by atoms with Crippen molar-refractivity contribution in [1.29, 1.82) is 0 Å². The summed E-state index contributed by atoms with van der Waals surface area (Å²) in [5.41, 5.74) is 2.30. The summed E-state index contributed by atoms with van der Waals surface area (Å²) in [7, 11) is 0. The van der Waals surface area contributed by atoms with Gasteiger partial charge in [-0.15, -0.1) is 0 Å². The standard InChI is InChI=1S/C15H20N2O/c18-15(9-12-5-2-1-3-6-12)17-10-13-7-4-8-16-14(13)11-17/h4,7-8,12H,1-3,5-6,9-11H2. The lowest BCUT2D eigenvalue weighted by Crippen LogP contribution is -2.27. The van der Waals surface area contributed by atoms with Crippen LogP contribution in [0.15, 0.2) is 18.3 Å². The summed E-state index contributed by atoms with van der Waals surface area (Å²) in [4.78, 5) is 18.6. The molecule has 3 heteroatoms. The zero-order valence-corrected chi connectivity index (χ0v) is 10.8. The normalized spacial score (nSPS) is 19.9. The van der Waals surface area contributed by atoms with Gasteiger partial charge in [0.1, 0.15) is 0 Å². The topological polar surface area (TPSA) is 33.2 Å². The summed E-state index contributed by atoms with van der Waals surface area (Å²) in [6.07, 6.45) is 9.00. The van der Waals surface area contributed by atoms with E-state index in [9.17, 15) is 4.79 Å². The Kier molecular flexibility index (Phi) is 3.31. The van der Waals surface area contributed by atoms with Crippen molar-refractivity contribution in [3.05, 3.63) is 29.6 Å². The minimum absolute atomic E-state index is 0.319. The van der Waals surface area contributed by atoms with Crippen molar-refractivity contribution < 1.29 is 4.79 Å². The van der Waals surface area contributed by atoms with E-state index in [1.165, 1.54) is 37.7 Å². The largest absolute Gasteiger partial charge is 0.332 e. The van der Waals surface area contributed by atoms with E-state index in [1.807, 2.05) is 17.2 Å². The molecule has 0 aromatic carbocycles. The number of pyridine rings is 1. The van der Waals surface area contributed by atoms with Gasteiger partial charge in [0.05, 0.1) is 12.2 Å². The Bertz CT molecular complexity index is 413. The predicted molar refractivity (Wildman–Crippen MR) is 69.7 cm³/mol. The molecule has 1 fully saturated rings. The van der Waals surface area contributed by atoms with E-state index in [4.69, 9.17) is 0 Å². The lowest BCUT2D eigenvalue weighted by atomic mass is 9.87. The molecule has 1 aromatic heterocycles. The van der Waals surface area contributed by atoms with E-state index >= 15 is 0 Å². The number of rotatable bonds is 2. The third-order valence-corrected chi connectivity index (χ3v) is 4.23. The molecule has 3 nitrogen and oxygen atoms in total. The average Bonchev–Trinajstić information content (AvgIpc) is 2.84. The molecule has 0 atom stereocenters. The van der Waals surface area contributed by atoms with Gasteiger partial charge in [0.25, 0.3) is 0 Å². The molecule has 2 aliphatic rings. The number of hydrogen-bond acceptors (Lipinski definition) is 2. The number of carbonyl (C=O) groups excluding carboxylic acids is 1. The van der Waals surface area contributed by atoms with E-state index in [1.54, 1.807) is 0 Å². The van der Waals surface area contributed by atoms with Crippen molar-refractivity contribution in [2.24, 2.45) is 5.92 Å². The van der Waals surface area contributed by atoms with Gasteiger partial charge in [0, 0.05) is 19.2 Å². The van der Waals surface area contributed by atoms with Crippen LogP contribution >= 0.6 is 0 Å². The number of fused-ring (bicyclic) bond motifs is 1. The van der Waals surface area contributed by atoms with Crippen LogP contribution in [0, 0.1) is 5.92 Å². The Morgan fingerprint density at radius 3 is 2.89 bits per heavy atom. The molecule has 0 N–H and O–H groups in total. The summed E-state index contributed by atoms with van der Waals surface area (Å²) >= 11 is 0. The molecule has 0 saturated heterocycles. The average molecular weight is 244 g/mol. The maximum Gasteiger partial charge on any atom is 0.223 e. The van der Waals surface area contributed by atoms with Gasteiger partial charge in [-0.2, -0.15) is 0 Å². The number of hydrogen-bond donors (Lipinski definition) is 0. The van der Waals surface area contributed by atoms with Crippen LogP contribution in [-0.2, 0) is 17.9 Å². The highest BCUT2D eigenvalue weighted by Crippen LogP contribution is 2.28. The molecule has 1 amide bonds. The van der Waals surface area contributed by atoms with Crippen LogP contribution in [0.3, 0.4) is 0 Å². The number of carbonyl (C=O) groups is 1. The van der Waals surface area contributed by atoms with E-state index in [0.29, 0.717) is 18.4 Å². The summed E-state index contributed by atoms with van der Waals surface area (Å²) in [6, 6.07) is 4.03. The monoisotopic (exact) mass is 244 g/mol. The van der Waals surface area contributed by atoms with Crippen LogP contribution in [0.2, 0.25) is 0 Å². The number of amides is 1. The SMILES string of the molecule is O=C(CC1CCCCC1)N1Cc2cccnc2C1. The van der Waals surface area contributed by atoms with E-state index in [2.05, 4.69) is 11.1 Å². The molecule has 96 valence electrons. The summed E-state index contributed by atoms with van der Waals surface area (Å²) in [6.45, 7) is 1.47. The number of aromatic nitrogens is 1. The van der Waals surface area contributed by atoms with Gasteiger partial charge in [0.2, 0.25) is 5.91 Å². The van der Waals surface area contributed by atoms with E-state index < -0.39 is 0 Å². The van der Waals surface area contributed by atoms with Crippen molar-refractivity contribution in [1.82, 2.24) is 9.88 Å². The van der Waals surface area contributed by atoms with Crippen molar-refractivity contribution in [3.63, 3.8) is 0 Å². The Morgan fingerprint density at radius 2 is 2.11 bits per heavy atom. The molecule has 1 aliphatic heterocycles. The van der Waals surface area contributed by atoms with Crippen LogP contribution < -0.4 is 0 Å². The van der Waals surface area contributed by atoms with E-state index in [-0.39, 0.29) is 0 Å². The smallest absolute Gasteiger partial charge is 0.223 e. The molecular weight excluding hydrogens is 224 g/mol. The van der Waals surface area contributed by atoms with Gasteiger partial charge in [-0.25, -0.2) is 0 Å². The molecular formula is C15H20N2O. The zero-order chi connectivity index (χ0) is 12.4. The van der Waals surface area contributed by atoms with Crippen LogP contribution in [0.25, 0.3) is 0 Å². The van der Waals surface area contributed by atoms with Gasteiger partial charge < -0.3 is 4.90 Å². The molecule has 0 spiro atoms. The Hall–Kier alpha value is -1.38. The minimum Gasteiger partial charge on any atom is -0.332 e. The van der Waals surface area contributed by atoms with Gasteiger partial charge in [-0.1, -0.05) is 25.3 Å². The molecule has 0 bridgehead atoms. The first-order valence-corrected chi connectivity index (χ1v) is 7.03. The Morgan fingerprint density at radius 1 is 1.28 bits per heavy atom. The fourth-order valence-electron chi connectivity index (χ4n) is 3.14. The predicted octanol–water partition coefficient (Wildman–Crippen LogP) is 2.89. The molecule has 0 unspecified atom stereocenters. The van der Waals surface area contributed by atoms with Crippen LogP contribution in [-0.4, -0.2) is 15.8 Å². The maximum absolute atomic E-state index is 12.3. The van der Waals surface area contributed by atoms with Crippen molar-refractivity contribution in [2.75, 3.05) is 0 Å². The van der Waals surface area contributed by atoms with Crippen molar-refractivity contribution >= 4 is 5.91 Å². The first-order chi connectivity index (χ1) is 8.83. The summed E-state index contributed by atoms with van der Waals surface area (Å²) in [5, 5.41) is 0. The number of nitrogens with zero attached hydrogens (tertiary/aromatic N) is 2. The van der Waals surface area contributed by atoms with E-state index in [0.717, 1.165) is 18.7 Å². The maximum atomic E-state index is 12.3. The van der Waals surface area contributed by atoms with Crippen LogP contribution in [0.1, 0.15) is 49.8 Å². The molecule has 1 aromatic rings.